The molecule has 0 saturated heterocycles. The van der Waals surface area contributed by atoms with Gasteiger partial charge in [-0.2, -0.15) is 0 Å². The van der Waals surface area contributed by atoms with Gasteiger partial charge < -0.3 is 19.7 Å². The highest BCUT2D eigenvalue weighted by Crippen LogP contribution is 2.28. The summed E-state index contributed by atoms with van der Waals surface area (Å²) < 4.78 is 11.1. The summed E-state index contributed by atoms with van der Waals surface area (Å²) >= 11 is 0. The molecule has 0 spiro atoms. The normalized spacial score (nSPS) is 10.4. The van der Waals surface area contributed by atoms with Gasteiger partial charge in [0.25, 0.3) is 0 Å². The number of terminal acetylenes is 1. The van der Waals surface area contributed by atoms with E-state index in [1.165, 1.54) is 11.0 Å². The number of hydrogen-bond donors (Lipinski definition) is 1. The van der Waals surface area contributed by atoms with Gasteiger partial charge in [0.2, 0.25) is 11.8 Å². The SMILES string of the molecule is C#Cc1cccc(NC(=O)CN(C)C(=O)/C=C/c2ccc(OCCCC)c(OC)c2)c1. The van der Waals surface area contributed by atoms with Gasteiger partial charge in [-0.1, -0.05) is 31.4 Å². The van der Waals surface area contributed by atoms with E-state index in [9.17, 15) is 9.59 Å². The number of anilines is 1. The molecule has 0 bridgehead atoms. The van der Waals surface area contributed by atoms with E-state index in [0.717, 1.165) is 18.4 Å². The molecule has 0 atom stereocenters. The fourth-order valence-corrected chi connectivity index (χ4v) is 2.71. The highest BCUT2D eigenvalue weighted by molar-refractivity contribution is 5.98. The number of methoxy groups -OCH3 is 1. The number of unbranched alkanes of at least 4 members (excludes halogenated alkanes) is 1. The molecule has 0 aromatic heterocycles. The summed E-state index contributed by atoms with van der Waals surface area (Å²) in [5.74, 6) is 3.18. The lowest BCUT2D eigenvalue weighted by Crippen LogP contribution is -2.33. The van der Waals surface area contributed by atoms with Gasteiger partial charge in [0.05, 0.1) is 20.3 Å². The minimum atomic E-state index is -0.311. The fraction of sp³-hybridized carbons (Fsp3) is 0.280. The van der Waals surface area contributed by atoms with E-state index in [4.69, 9.17) is 15.9 Å². The summed E-state index contributed by atoms with van der Waals surface area (Å²) in [6.45, 7) is 2.64. The lowest BCUT2D eigenvalue weighted by atomic mass is 10.2. The van der Waals surface area contributed by atoms with Crippen LogP contribution in [0.3, 0.4) is 0 Å². The van der Waals surface area contributed by atoms with Crippen LogP contribution in [0.2, 0.25) is 0 Å². The summed E-state index contributed by atoms with van der Waals surface area (Å²) in [5, 5.41) is 2.74. The molecule has 0 aliphatic carbocycles. The minimum absolute atomic E-state index is 0.0863. The van der Waals surface area contributed by atoms with Crippen molar-refractivity contribution in [3.63, 3.8) is 0 Å². The fourth-order valence-electron chi connectivity index (χ4n) is 2.71. The molecule has 6 heteroatoms. The number of nitrogens with one attached hydrogen (secondary N) is 1. The first-order valence-electron chi connectivity index (χ1n) is 10.1. The molecule has 6 nitrogen and oxygen atoms in total. The van der Waals surface area contributed by atoms with Gasteiger partial charge >= 0.3 is 0 Å². The maximum absolute atomic E-state index is 12.4. The first kappa shape index (κ1) is 23.6. The molecule has 2 aromatic rings. The maximum Gasteiger partial charge on any atom is 0.246 e. The molecule has 0 fully saturated rings. The van der Waals surface area contributed by atoms with Crippen LogP contribution in [0.15, 0.2) is 48.5 Å². The standard InChI is InChI=1S/C25H28N2O4/c1-5-7-15-31-22-13-11-20(17-23(22)30-4)12-14-25(29)27(3)18-24(28)26-21-10-8-9-19(6-2)16-21/h2,8-14,16-17H,5,7,15,18H2,1,3-4H3,(H,26,28)/b14-12+. The van der Waals surface area contributed by atoms with Crippen molar-refractivity contribution >= 4 is 23.6 Å². The monoisotopic (exact) mass is 420 g/mol. The van der Waals surface area contributed by atoms with Gasteiger partial charge in [-0.05, 0) is 48.4 Å². The second kappa shape index (κ2) is 12.1. The van der Waals surface area contributed by atoms with Crippen molar-refractivity contribution in [2.24, 2.45) is 0 Å². The van der Waals surface area contributed by atoms with Crippen molar-refractivity contribution in [1.29, 1.82) is 0 Å². The zero-order valence-electron chi connectivity index (χ0n) is 18.2. The molecule has 2 aromatic carbocycles. The average Bonchev–Trinajstić information content (AvgIpc) is 2.78. The molecule has 31 heavy (non-hydrogen) atoms. The van der Waals surface area contributed by atoms with Gasteiger partial charge in [0.1, 0.15) is 0 Å². The smallest absolute Gasteiger partial charge is 0.246 e. The van der Waals surface area contributed by atoms with E-state index in [1.807, 2.05) is 12.1 Å². The van der Waals surface area contributed by atoms with Crippen LogP contribution in [-0.4, -0.2) is 44.0 Å². The second-order valence-corrected chi connectivity index (χ2v) is 6.91. The first-order chi connectivity index (χ1) is 15.0. The molecule has 162 valence electrons. The van der Waals surface area contributed by atoms with Gasteiger partial charge in [0, 0.05) is 24.4 Å². The Hall–Kier alpha value is -3.72. The Bertz CT molecular complexity index is 976. The topological polar surface area (TPSA) is 67.9 Å². The zero-order valence-corrected chi connectivity index (χ0v) is 18.2. The van der Waals surface area contributed by atoms with Crippen molar-refractivity contribution in [3.05, 3.63) is 59.7 Å². The van der Waals surface area contributed by atoms with E-state index in [-0.39, 0.29) is 18.4 Å². The Morgan fingerprint density at radius 3 is 2.71 bits per heavy atom. The van der Waals surface area contributed by atoms with E-state index >= 15 is 0 Å². The molecule has 2 amide bonds. The van der Waals surface area contributed by atoms with E-state index in [2.05, 4.69) is 18.2 Å². The van der Waals surface area contributed by atoms with Crippen LogP contribution in [0.5, 0.6) is 11.5 Å². The Morgan fingerprint density at radius 1 is 1.19 bits per heavy atom. The maximum atomic E-state index is 12.4. The highest BCUT2D eigenvalue weighted by Gasteiger charge is 2.11. The lowest BCUT2D eigenvalue weighted by molar-refractivity contribution is -0.129. The third-order valence-corrected chi connectivity index (χ3v) is 4.43. The third-order valence-electron chi connectivity index (χ3n) is 4.43. The number of carbonyl (C=O) groups excluding carboxylic acids is 2. The Kier molecular flexibility index (Phi) is 9.18. The van der Waals surface area contributed by atoms with Crippen molar-refractivity contribution < 1.29 is 19.1 Å². The van der Waals surface area contributed by atoms with E-state index in [0.29, 0.717) is 29.4 Å². The lowest BCUT2D eigenvalue weighted by Gasteiger charge is -2.15. The van der Waals surface area contributed by atoms with Crippen LogP contribution in [0.4, 0.5) is 5.69 Å². The number of rotatable bonds is 10. The summed E-state index contributed by atoms with van der Waals surface area (Å²) in [7, 11) is 3.14. The van der Waals surface area contributed by atoms with Crippen molar-refractivity contribution in [2.45, 2.75) is 19.8 Å². The van der Waals surface area contributed by atoms with Gasteiger partial charge in [0.15, 0.2) is 11.5 Å². The highest BCUT2D eigenvalue weighted by atomic mass is 16.5. The summed E-state index contributed by atoms with van der Waals surface area (Å²) in [6, 6.07) is 12.4. The average molecular weight is 421 g/mol. The molecule has 2 rings (SSSR count). The van der Waals surface area contributed by atoms with Crippen LogP contribution >= 0.6 is 0 Å². The second-order valence-electron chi connectivity index (χ2n) is 6.91. The van der Waals surface area contributed by atoms with Crippen LogP contribution in [0.25, 0.3) is 6.08 Å². The molecule has 1 N–H and O–H groups in total. The predicted octanol–water partition coefficient (Wildman–Crippen LogP) is 3.97. The summed E-state index contributed by atoms with van der Waals surface area (Å²) in [6.07, 6.45) is 10.5. The van der Waals surface area contributed by atoms with E-state index in [1.54, 1.807) is 50.6 Å². The van der Waals surface area contributed by atoms with Gasteiger partial charge in [-0.15, -0.1) is 6.42 Å². The Balaban J connectivity index is 1.93. The quantitative estimate of drug-likeness (QED) is 0.359. The predicted molar refractivity (Wildman–Crippen MR) is 123 cm³/mol. The van der Waals surface area contributed by atoms with Gasteiger partial charge in [-0.3, -0.25) is 9.59 Å². The molecule has 0 unspecified atom stereocenters. The number of carbonyl (C=O) groups is 2. The number of amides is 2. The molecule has 0 aliphatic heterocycles. The van der Waals surface area contributed by atoms with Crippen molar-refractivity contribution in [1.82, 2.24) is 4.90 Å². The number of benzene rings is 2. The van der Waals surface area contributed by atoms with Crippen LogP contribution in [0, 0.1) is 12.3 Å². The van der Waals surface area contributed by atoms with Crippen molar-refractivity contribution in [2.75, 3.05) is 32.6 Å². The molecular formula is C25H28N2O4. The summed E-state index contributed by atoms with van der Waals surface area (Å²) in [4.78, 5) is 25.9. The van der Waals surface area contributed by atoms with Crippen LogP contribution in [-0.2, 0) is 9.59 Å². The van der Waals surface area contributed by atoms with Crippen molar-refractivity contribution in [3.8, 4) is 23.8 Å². The number of hydrogen-bond acceptors (Lipinski definition) is 4. The minimum Gasteiger partial charge on any atom is -0.493 e. The number of nitrogens with zero attached hydrogens (tertiary/aromatic N) is 1. The Labute approximate surface area is 183 Å². The van der Waals surface area contributed by atoms with Crippen LogP contribution in [0.1, 0.15) is 30.9 Å². The molecule has 0 radical (unpaired) electrons. The third kappa shape index (κ3) is 7.56. The van der Waals surface area contributed by atoms with E-state index < -0.39 is 0 Å². The largest absolute Gasteiger partial charge is 0.493 e. The van der Waals surface area contributed by atoms with Gasteiger partial charge in [-0.25, -0.2) is 0 Å². The zero-order chi connectivity index (χ0) is 22.6. The molecular weight excluding hydrogens is 392 g/mol. The Morgan fingerprint density at radius 2 is 2.00 bits per heavy atom. The molecule has 0 heterocycles. The first-order valence-corrected chi connectivity index (χ1v) is 10.1. The summed E-state index contributed by atoms with van der Waals surface area (Å²) in [5.41, 5.74) is 2.05. The van der Waals surface area contributed by atoms with Crippen LogP contribution < -0.4 is 14.8 Å². The number of ether oxygens (including phenoxy) is 2. The number of likely N-dealkylation sites (N-methyl/N-ethyl adjacent to an activating group) is 1. The molecule has 0 saturated carbocycles. The molecule has 0 aliphatic rings.